The Kier molecular flexibility index (Phi) is 7.81. The molecule has 0 aliphatic rings. The van der Waals surface area contributed by atoms with Gasteiger partial charge >= 0.3 is 17.1 Å². The van der Waals surface area contributed by atoms with Crippen molar-refractivity contribution in [1.82, 2.24) is 0 Å². The topological polar surface area (TPSA) is 27.7 Å². The standard InChI is InChI=1S/C14H38O3Si4/c1-14(2)12-13-21(11,16-19(6,7)8)17-20(9,10)15-18(3,4)5/h14H,12-13H2,1-11H3. The molecule has 0 radical (unpaired) electrons. The van der Waals surface area contributed by atoms with Gasteiger partial charge in [0.25, 0.3) is 0 Å². The summed E-state index contributed by atoms with van der Waals surface area (Å²) in [4.78, 5) is 0. The third kappa shape index (κ3) is 11.9. The van der Waals surface area contributed by atoms with Gasteiger partial charge in [-0.2, -0.15) is 0 Å². The second-order valence-corrected chi connectivity index (χ2v) is 25.5. The molecule has 1 unspecified atom stereocenters. The van der Waals surface area contributed by atoms with Gasteiger partial charge < -0.3 is 12.3 Å². The second kappa shape index (κ2) is 7.54. The van der Waals surface area contributed by atoms with Crippen LogP contribution >= 0.6 is 0 Å². The molecule has 0 aliphatic carbocycles. The maximum absolute atomic E-state index is 6.63. The van der Waals surface area contributed by atoms with Crippen molar-refractivity contribution in [2.24, 2.45) is 5.92 Å². The first kappa shape index (κ1) is 21.7. The molecule has 128 valence electrons. The van der Waals surface area contributed by atoms with Gasteiger partial charge in [0.15, 0.2) is 16.6 Å². The lowest BCUT2D eigenvalue weighted by Crippen LogP contribution is -2.56. The van der Waals surface area contributed by atoms with E-state index in [0.29, 0.717) is 5.92 Å². The molecule has 0 rings (SSSR count). The maximum atomic E-state index is 6.63. The quantitative estimate of drug-likeness (QED) is 0.502. The van der Waals surface area contributed by atoms with Gasteiger partial charge in [-0.05, 0) is 77.3 Å². The summed E-state index contributed by atoms with van der Waals surface area (Å²) >= 11 is 0. The third-order valence-electron chi connectivity index (χ3n) is 2.71. The van der Waals surface area contributed by atoms with E-state index in [1.54, 1.807) is 0 Å². The van der Waals surface area contributed by atoms with Crippen molar-refractivity contribution >= 4 is 33.8 Å². The molecule has 0 spiro atoms. The highest BCUT2D eigenvalue weighted by molar-refractivity contribution is 6.89. The van der Waals surface area contributed by atoms with Crippen molar-refractivity contribution in [2.45, 2.75) is 85.2 Å². The SMILES string of the molecule is CC(C)CC[Si](C)(O[Si](C)(C)C)O[Si](C)(C)O[Si](C)(C)C. The molecule has 0 saturated carbocycles. The summed E-state index contributed by atoms with van der Waals surface area (Å²) in [5, 5.41) is 0. The zero-order valence-electron chi connectivity index (χ0n) is 16.2. The third-order valence-corrected chi connectivity index (χ3v) is 16.2. The second-order valence-electron chi connectivity index (χ2n) is 9.00. The minimum Gasteiger partial charge on any atom is -0.437 e. The predicted octanol–water partition coefficient (Wildman–Crippen LogP) is 5.53. The maximum Gasteiger partial charge on any atom is 0.315 e. The van der Waals surface area contributed by atoms with E-state index in [9.17, 15) is 0 Å². The van der Waals surface area contributed by atoms with E-state index in [1.807, 2.05) is 0 Å². The number of hydrogen-bond donors (Lipinski definition) is 0. The summed E-state index contributed by atoms with van der Waals surface area (Å²) in [7, 11) is -7.48. The van der Waals surface area contributed by atoms with Gasteiger partial charge in [0.05, 0.1) is 0 Å². The molecule has 0 heterocycles. The van der Waals surface area contributed by atoms with Gasteiger partial charge in [-0.15, -0.1) is 0 Å². The Morgan fingerprint density at radius 2 is 1.10 bits per heavy atom. The Hall–Kier alpha value is 0.748. The summed E-state index contributed by atoms with van der Waals surface area (Å²) in [6.45, 7) is 24.6. The molecular formula is C14H38O3Si4. The van der Waals surface area contributed by atoms with Crippen LogP contribution in [0.4, 0.5) is 0 Å². The van der Waals surface area contributed by atoms with Crippen LogP contribution in [-0.4, -0.2) is 33.8 Å². The fraction of sp³-hybridized carbons (Fsp3) is 1.00. The van der Waals surface area contributed by atoms with Gasteiger partial charge in [0.1, 0.15) is 0 Å². The highest BCUT2D eigenvalue weighted by Crippen LogP contribution is 2.28. The molecule has 0 aromatic carbocycles. The molecule has 0 aromatic heterocycles. The van der Waals surface area contributed by atoms with Crippen molar-refractivity contribution in [3.05, 3.63) is 0 Å². The lowest BCUT2D eigenvalue weighted by molar-refractivity contribution is 0.320. The van der Waals surface area contributed by atoms with Crippen molar-refractivity contribution in [3.63, 3.8) is 0 Å². The first-order valence-corrected chi connectivity index (χ1v) is 20.3. The normalized spacial score (nSPS) is 17.1. The van der Waals surface area contributed by atoms with E-state index in [0.717, 1.165) is 6.04 Å². The van der Waals surface area contributed by atoms with Crippen molar-refractivity contribution in [3.8, 4) is 0 Å². The zero-order valence-corrected chi connectivity index (χ0v) is 20.2. The van der Waals surface area contributed by atoms with E-state index in [-0.39, 0.29) is 0 Å². The highest BCUT2D eigenvalue weighted by Gasteiger charge is 2.44. The molecule has 3 nitrogen and oxygen atoms in total. The monoisotopic (exact) mass is 366 g/mol. The molecule has 0 saturated heterocycles. The van der Waals surface area contributed by atoms with E-state index >= 15 is 0 Å². The minimum atomic E-state index is -2.16. The van der Waals surface area contributed by atoms with Gasteiger partial charge in [0, 0.05) is 0 Å². The average Bonchev–Trinajstić information content (AvgIpc) is 2.05. The lowest BCUT2D eigenvalue weighted by Gasteiger charge is -2.41. The lowest BCUT2D eigenvalue weighted by atomic mass is 10.2. The first-order chi connectivity index (χ1) is 9.04. The van der Waals surface area contributed by atoms with Crippen LogP contribution in [0.15, 0.2) is 0 Å². The summed E-state index contributed by atoms with van der Waals surface area (Å²) in [5.74, 6) is 0.688. The minimum absolute atomic E-state index is 0.688. The smallest absolute Gasteiger partial charge is 0.315 e. The molecule has 0 fully saturated rings. The Bertz CT molecular complexity index is 321. The van der Waals surface area contributed by atoms with Crippen LogP contribution in [-0.2, 0) is 12.3 Å². The van der Waals surface area contributed by atoms with E-state index < -0.39 is 33.8 Å². The van der Waals surface area contributed by atoms with Gasteiger partial charge in [-0.25, -0.2) is 0 Å². The Labute approximate surface area is 137 Å². The van der Waals surface area contributed by atoms with Crippen molar-refractivity contribution in [2.75, 3.05) is 0 Å². The van der Waals surface area contributed by atoms with Crippen LogP contribution < -0.4 is 0 Å². The molecule has 0 aromatic rings. The highest BCUT2D eigenvalue weighted by atomic mass is 28.5. The molecule has 21 heavy (non-hydrogen) atoms. The molecule has 0 N–H and O–H groups in total. The van der Waals surface area contributed by atoms with E-state index in [2.05, 4.69) is 72.8 Å². The number of hydrogen-bond acceptors (Lipinski definition) is 3. The zero-order chi connectivity index (χ0) is 17.1. The predicted molar refractivity (Wildman–Crippen MR) is 103 cm³/mol. The molecule has 0 bridgehead atoms. The molecule has 7 heteroatoms. The van der Waals surface area contributed by atoms with Gasteiger partial charge in [-0.1, -0.05) is 13.8 Å². The summed E-state index contributed by atoms with van der Waals surface area (Å²) in [6, 6.07) is 1.07. The largest absolute Gasteiger partial charge is 0.437 e. The summed E-state index contributed by atoms with van der Waals surface area (Å²) in [5.41, 5.74) is 0. The van der Waals surface area contributed by atoms with Crippen LogP contribution in [0.1, 0.15) is 20.3 Å². The molecule has 0 aliphatic heterocycles. The van der Waals surface area contributed by atoms with Gasteiger partial charge in [-0.3, -0.25) is 0 Å². The van der Waals surface area contributed by atoms with Crippen LogP contribution in [0.5, 0.6) is 0 Å². The van der Waals surface area contributed by atoms with Crippen LogP contribution in [0, 0.1) is 5.92 Å². The van der Waals surface area contributed by atoms with Crippen molar-refractivity contribution < 1.29 is 12.3 Å². The molecule has 1 atom stereocenters. The van der Waals surface area contributed by atoms with E-state index in [1.165, 1.54) is 6.42 Å². The number of rotatable bonds is 9. The molecule has 0 amide bonds. The summed E-state index contributed by atoms with van der Waals surface area (Å²) in [6.07, 6.45) is 1.17. The Morgan fingerprint density at radius 3 is 1.43 bits per heavy atom. The average molecular weight is 367 g/mol. The Balaban J connectivity index is 5.04. The molecular weight excluding hydrogens is 328 g/mol. The Morgan fingerprint density at radius 1 is 0.667 bits per heavy atom. The van der Waals surface area contributed by atoms with Gasteiger partial charge in [0.2, 0.25) is 0 Å². The first-order valence-electron chi connectivity index (χ1n) is 8.14. The van der Waals surface area contributed by atoms with Crippen LogP contribution in [0.3, 0.4) is 0 Å². The fourth-order valence-corrected chi connectivity index (χ4v) is 20.8. The van der Waals surface area contributed by atoms with Crippen LogP contribution in [0.2, 0.25) is 65.0 Å². The van der Waals surface area contributed by atoms with Crippen molar-refractivity contribution in [1.29, 1.82) is 0 Å². The fourth-order valence-electron chi connectivity index (χ4n) is 2.60. The summed E-state index contributed by atoms with van der Waals surface area (Å²) < 4.78 is 19.6. The van der Waals surface area contributed by atoms with E-state index in [4.69, 9.17) is 12.3 Å². The van der Waals surface area contributed by atoms with Crippen LogP contribution in [0.25, 0.3) is 0 Å².